The molecule has 0 radical (unpaired) electrons. The van der Waals surface area contributed by atoms with Gasteiger partial charge in [-0.05, 0) is 24.0 Å². The summed E-state index contributed by atoms with van der Waals surface area (Å²) in [5.41, 5.74) is -0.0405. The van der Waals surface area contributed by atoms with Crippen molar-refractivity contribution in [1.29, 1.82) is 0 Å². The molecule has 0 bridgehead atoms. The fourth-order valence-electron chi connectivity index (χ4n) is 2.29. The number of carbonyl (C=O) groups is 1. The van der Waals surface area contributed by atoms with E-state index in [-0.39, 0.29) is 6.42 Å². The van der Waals surface area contributed by atoms with E-state index in [4.69, 9.17) is 0 Å². The Labute approximate surface area is 146 Å². The average molecular weight is 340 g/mol. The van der Waals surface area contributed by atoms with Crippen LogP contribution in [0.1, 0.15) is 24.0 Å². The minimum absolute atomic E-state index is 0.0916. The van der Waals surface area contributed by atoms with E-state index in [2.05, 4.69) is 9.98 Å². The van der Waals surface area contributed by atoms with Gasteiger partial charge in [-0.15, -0.1) is 0 Å². The van der Waals surface area contributed by atoms with E-state index in [1.54, 1.807) is 18.3 Å². The summed E-state index contributed by atoms with van der Waals surface area (Å²) < 4.78 is 13.5. The number of rotatable bonds is 9. The number of benzene rings is 2. The summed E-state index contributed by atoms with van der Waals surface area (Å²) in [6, 6.07) is 18.7. The first-order chi connectivity index (χ1) is 12.2. The smallest absolute Gasteiger partial charge is 0.334 e. The zero-order valence-electron chi connectivity index (χ0n) is 13.9. The number of hydrogen-bond acceptors (Lipinski definition) is 3. The normalized spacial score (nSPS) is 14.0. The molecule has 0 fully saturated rings. The van der Waals surface area contributed by atoms with Gasteiger partial charge in [-0.2, -0.15) is 0 Å². The zero-order valence-corrected chi connectivity index (χ0v) is 13.9. The van der Waals surface area contributed by atoms with Crippen LogP contribution in [0, 0.1) is 0 Å². The molecular formula is C20H21FN2O2. The van der Waals surface area contributed by atoms with Crippen LogP contribution in [0.4, 0.5) is 4.39 Å². The summed E-state index contributed by atoms with van der Waals surface area (Å²) in [5, 5.41) is 9.44. The van der Waals surface area contributed by atoms with E-state index in [0.29, 0.717) is 13.0 Å². The largest absolute Gasteiger partial charge is 0.479 e. The highest BCUT2D eigenvalue weighted by atomic mass is 19.1. The highest BCUT2D eigenvalue weighted by Crippen LogP contribution is 2.20. The van der Waals surface area contributed by atoms with Crippen LogP contribution < -0.4 is 0 Å². The second-order valence-electron chi connectivity index (χ2n) is 5.69. The maximum atomic E-state index is 13.5. The molecule has 4 nitrogen and oxygen atoms in total. The number of aliphatic imine (C=N–C) groups is 2. The van der Waals surface area contributed by atoms with Gasteiger partial charge in [0.25, 0.3) is 0 Å². The van der Waals surface area contributed by atoms with Gasteiger partial charge >= 0.3 is 5.97 Å². The van der Waals surface area contributed by atoms with E-state index in [1.807, 2.05) is 48.5 Å². The molecule has 0 saturated carbocycles. The first kappa shape index (κ1) is 18.5. The van der Waals surface area contributed by atoms with Crippen LogP contribution in [0.15, 0.2) is 70.6 Å². The fraction of sp³-hybridized carbons (Fsp3) is 0.250. The molecule has 25 heavy (non-hydrogen) atoms. The highest BCUT2D eigenvalue weighted by molar-refractivity contribution is 5.86. The minimum atomic E-state index is -1.75. The Bertz CT molecular complexity index is 717. The molecule has 1 N–H and O–H groups in total. The van der Waals surface area contributed by atoms with Gasteiger partial charge in [0.1, 0.15) is 6.67 Å². The molecule has 2 aromatic rings. The van der Waals surface area contributed by atoms with E-state index in [1.165, 1.54) is 6.21 Å². The minimum Gasteiger partial charge on any atom is -0.479 e. The van der Waals surface area contributed by atoms with Crippen molar-refractivity contribution in [2.75, 3.05) is 13.2 Å². The Balaban J connectivity index is 1.96. The highest BCUT2D eigenvalue weighted by Gasteiger charge is 2.37. The number of alkyl halides is 1. The van der Waals surface area contributed by atoms with Crippen LogP contribution in [0.5, 0.6) is 0 Å². The Morgan fingerprint density at radius 1 is 1.00 bits per heavy atom. The number of carboxylic acids is 1. The second kappa shape index (κ2) is 9.47. The number of halogens is 1. The number of carboxylic acid groups (broad SMARTS) is 1. The van der Waals surface area contributed by atoms with Crippen molar-refractivity contribution in [3.63, 3.8) is 0 Å². The third-order valence-electron chi connectivity index (χ3n) is 3.80. The van der Waals surface area contributed by atoms with Gasteiger partial charge in [0.2, 0.25) is 0 Å². The molecule has 0 aliphatic heterocycles. The standard InChI is InChI=1S/C20H21FN2O2/c21-16-20(19(24)25,23-15-18-10-5-2-6-11-18)12-7-13-22-14-17-8-3-1-4-9-17/h1-6,8-11,14-15H,7,12-13,16H2,(H,24,25). The maximum Gasteiger partial charge on any atom is 0.334 e. The van der Waals surface area contributed by atoms with Gasteiger partial charge in [0.05, 0.1) is 0 Å². The van der Waals surface area contributed by atoms with Gasteiger partial charge < -0.3 is 5.11 Å². The van der Waals surface area contributed by atoms with Crippen LogP contribution in [-0.2, 0) is 4.79 Å². The molecule has 0 aromatic heterocycles. The van der Waals surface area contributed by atoms with E-state index in [0.717, 1.165) is 11.1 Å². The molecule has 0 spiro atoms. The first-order valence-corrected chi connectivity index (χ1v) is 8.11. The van der Waals surface area contributed by atoms with E-state index >= 15 is 0 Å². The van der Waals surface area contributed by atoms with Crippen molar-refractivity contribution < 1.29 is 14.3 Å². The SMILES string of the molecule is O=C(O)C(CF)(CCCN=Cc1ccccc1)N=Cc1ccccc1. The average Bonchev–Trinajstić information content (AvgIpc) is 2.65. The van der Waals surface area contributed by atoms with Gasteiger partial charge in [-0.25, -0.2) is 9.18 Å². The lowest BCUT2D eigenvalue weighted by atomic mass is 9.95. The van der Waals surface area contributed by atoms with Crippen LogP contribution >= 0.6 is 0 Å². The molecular weight excluding hydrogens is 319 g/mol. The third-order valence-corrected chi connectivity index (χ3v) is 3.80. The topological polar surface area (TPSA) is 62.0 Å². The van der Waals surface area contributed by atoms with Gasteiger partial charge in [0, 0.05) is 19.0 Å². The van der Waals surface area contributed by atoms with Crippen molar-refractivity contribution in [1.82, 2.24) is 0 Å². The number of hydrogen-bond donors (Lipinski definition) is 1. The first-order valence-electron chi connectivity index (χ1n) is 8.11. The molecule has 2 aromatic carbocycles. The van der Waals surface area contributed by atoms with Gasteiger partial charge in [-0.1, -0.05) is 60.7 Å². The summed E-state index contributed by atoms with van der Waals surface area (Å²) in [5.74, 6) is -1.26. The van der Waals surface area contributed by atoms with Crippen LogP contribution in [0.25, 0.3) is 0 Å². The number of aliphatic carboxylic acids is 1. The van der Waals surface area contributed by atoms with Crippen molar-refractivity contribution in [2.45, 2.75) is 18.4 Å². The Morgan fingerprint density at radius 2 is 1.56 bits per heavy atom. The van der Waals surface area contributed by atoms with Gasteiger partial charge in [0.15, 0.2) is 5.54 Å². The Morgan fingerprint density at radius 3 is 2.08 bits per heavy atom. The molecule has 0 amide bonds. The van der Waals surface area contributed by atoms with Crippen molar-refractivity contribution in [3.05, 3.63) is 71.8 Å². The van der Waals surface area contributed by atoms with E-state index < -0.39 is 18.2 Å². The molecule has 5 heteroatoms. The van der Waals surface area contributed by atoms with Crippen LogP contribution in [0.2, 0.25) is 0 Å². The molecule has 130 valence electrons. The second-order valence-corrected chi connectivity index (χ2v) is 5.69. The maximum absolute atomic E-state index is 13.5. The lowest BCUT2D eigenvalue weighted by molar-refractivity contribution is -0.144. The quantitative estimate of drug-likeness (QED) is 0.557. The third kappa shape index (κ3) is 5.64. The summed E-state index contributed by atoms with van der Waals surface area (Å²) >= 11 is 0. The molecule has 0 heterocycles. The molecule has 1 unspecified atom stereocenters. The monoisotopic (exact) mass is 340 g/mol. The molecule has 1 atom stereocenters. The number of nitrogens with zero attached hydrogens (tertiary/aromatic N) is 2. The van der Waals surface area contributed by atoms with Crippen molar-refractivity contribution in [3.8, 4) is 0 Å². The Hall–Kier alpha value is -2.82. The van der Waals surface area contributed by atoms with Crippen molar-refractivity contribution in [2.24, 2.45) is 9.98 Å². The summed E-state index contributed by atoms with van der Waals surface area (Å²) in [7, 11) is 0. The van der Waals surface area contributed by atoms with Crippen LogP contribution in [-0.4, -0.2) is 42.3 Å². The van der Waals surface area contributed by atoms with Crippen molar-refractivity contribution >= 4 is 18.4 Å². The summed E-state index contributed by atoms with van der Waals surface area (Å²) in [4.78, 5) is 19.9. The predicted octanol–water partition coefficient (Wildman–Crippen LogP) is 3.80. The lowest BCUT2D eigenvalue weighted by Gasteiger charge is -2.21. The summed E-state index contributed by atoms with van der Waals surface area (Å²) in [6.45, 7) is -0.626. The fourth-order valence-corrected chi connectivity index (χ4v) is 2.29. The zero-order chi connectivity index (χ0) is 18.0. The molecule has 0 aliphatic rings. The Kier molecular flexibility index (Phi) is 7.01. The molecule has 0 saturated heterocycles. The molecule has 0 aliphatic carbocycles. The molecule has 2 rings (SSSR count). The lowest BCUT2D eigenvalue weighted by Crippen LogP contribution is -2.39. The summed E-state index contributed by atoms with van der Waals surface area (Å²) in [6.07, 6.45) is 3.67. The predicted molar refractivity (Wildman–Crippen MR) is 98.5 cm³/mol. The van der Waals surface area contributed by atoms with E-state index in [9.17, 15) is 14.3 Å². The van der Waals surface area contributed by atoms with Gasteiger partial charge in [-0.3, -0.25) is 9.98 Å². The van der Waals surface area contributed by atoms with Crippen LogP contribution in [0.3, 0.4) is 0 Å².